The maximum atomic E-state index is 12.4. The molecule has 1 aromatic rings. The molecule has 19 heavy (non-hydrogen) atoms. The minimum atomic E-state index is -3.49. The van der Waals surface area contributed by atoms with Gasteiger partial charge in [-0.15, -0.1) is 0 Å². The van der Waals surface area contributed by atoms with E-state index in [-0.39, 0.29) is 0 Å². The van der Waals surface area contributed by atoms with E-state index < -0.39 is 15.6 Å². The zero-order chi connectivity index (χ0) is 14.7. The summed E-state index contributed by atoms with van der Waals surface area (Å²) in [6.07, 6.45) is 1.73. The highest BCUT2D eigenvalue weighted by molar-refractivity contribution is 7.89. The standard InChI is InChI=1S/C14H24N2O2S/c1-5-8-14(3,4)16-19(17,18)13-7-6-12(10-15)9-11(13)2/h6-7,9,16H,5,8,10,15H2,1-4H3. The Morgan fingerprint density at radius 2 is 1.95 bits per heavy atom. The fourth-order valence-corrected chi connectivity index (χ4v) is 3.90. The van der Waals surface area contributed by atoms with Crippen LogP contribution >= 0.6 is 0 Å². The monoisotopic (exact) mass is 284 g/mol. The average molecular weight is 284 g/mol. The van der Waals surface area contributed by atoms with Gasteiger partial charge in [0.2, 0.25) is 10.0 Å². The van der Waals surface area contributed by atoms with Crippen LogP contribution in [0.25, 0.3) is 0 Å². The largest absolute Gasteiger partial charge is 0.326 e. The van der Waals surface area contributed by atoms with Crippen LogP contribution in [0.15, 0.2) is 23.1 Å². The number of sulfonamides is 1. The summed E-state index contributed by atoms with van der Waals surface area (Å²) in [5.41, 5.74) is 6.78. The van der Waals surface area contributed by atoms with E-state index in [1.807, 2.05) is 26.8 Å². The van der Waals surface area contributed by atoms with E-state index in [9.17, 15) is 8.42 Å². The molecule has 0 amide bonds. The van der Waals surface area contributed by atoms with E-state index >= 15 is 0 Å². The Bertz CT molecular complexity index is 536. The molecule has 3 N–H and O–H groups in total. The third-order valence-electron chi connectivity index (χ3n) is 3.05. The Morgan fingerprint density at radius 3 is 2.42 bits per heavy atom. The van der Waals surface area contributed by atoms with Crippen molar-refractivity contribution in [3.8, 4) is 0 Å². The first-order chi connectivity index (χ1) is 8.72. The molecule has 0 aliphatic heterocycles. The summed E-state index contributed by atoms with van der Waals surface area (Å²) < 4.78 is 27.6. The van der Waals surface area contributed by atoms with E-state index in [2.05, 4.69) is 4.72 Å². The van der Waals surface area contributed by atoms with E-state index in [1.165, 1.54) is 0 Å². The number of aryl methyl sites for hydroxylation is 1. The van der Waals surface area contributed by atoms with Crippen molar-refractivity contribution in [2.75, 3.05) is 0 Å². The summed E-state index contributed by atoms with van der Waals surface area (Å²) in [6.45, 7) is 8.04. The van der Waals surface area contributed by atoms with Crippen LogP contribution in [0.2, 0.25) is 0 Å². The van der Waals surface area contributed by atoms with Gasteiger partial charge in [-0.3, -0.25) is 0 Å². The second-order valence-electron chi connectivity index (χ2n) is 5.54. The van der Waals surface area contributed by atoms with E-state index in [0.29, 0.717) is 11.4 Å². The van der Waals surface area contributed by atoms with Crippen molar-refractivity contribution in [1.82, 2.24) is 4.72 Å². The van der Waals surface area contributed by atoms with Crippen molar-refractivity contribution in [3.05, 3.63) is 29.3 Å². The van der Waals surface area contributed by atoms with Gasteiger partial charge in [0.25, 0.3) is 0 Å². The number of nitrogens with one attached hydrogen (secondary N) is 1. The zero-order valence-corrected chi connectivity index (χ0v) is 13.0. The lowest BCUT2D eigenvalue weighted by Crippen LogP contribution is -2.43. The molecule has 4 nitrogen and oxygen atoms in total. The highest BCUT2D eigenvalue weighted by atomic mass is 32.2. The molecule has 0 saturated heterocycles. The van der Waals surface area contributed by atoms with Crippen LogP contribution in [0, 0.1) is 6.92 Å². The normalized spacial score (nSPS) is 12.7. The average Bonchev–Trinajstić information content (AvgIpc) is 2.26. The van der Waals surface area contributed by atoms with E-state index in [0.717, 1.165) is 24.0 Å². The fourth-order valence-electron chi connectivity index (χ4n) is 2.23. The van der Waals surface area contributed by atoms with Crippen molar-refractivity contribution in [1.29, 1.82) is 0 Å². The van der Waals surface area contributed by atoms with Gasteiger partial charge in [-0.1, -0.05) is 25.5 Å². The predicted molar refractivity (Wildman–Crippen MR) is 78.4 cm³/mol. The molecule has 0 fully saturated rings. The third-order valence-corrected chi connectivity index (χ3v) is 4.91. The molecular weight excluding hydrogens is 260 g/mol. The summed E-state index contributed by atoms with van der Waals surface area (Å²) in [4.78, 5) is 0.328. The number of hydrogen-bond acceptors (Lipinski definition) is 3. The molecule has 0 radical (unpaired) electrons. The molecule has 1 rings (SSSR count). The summed E-state index contributed by atoms with van der Waals surface area (Å²) in [5.74, 6) is 0. The van der Waals surface area contributed by atoms with Gasteiger partial charge in [-0.25, -0.2) is 13.1 Å². The topological polar surface area (TPSA) is 72.2 Å². The molecule has 0 heterocycles. The van der Waals surface area contributed by atoms with Crippen LogP contribution in [0.4, 0.5) is 0 Å². The number of rotatable bonds is 6. The highest BCUT2D eigenvalue weighted by Gasteiger charge is 2.26. The highest BCUT2D eigenvalue weighted by Crippen LogP contribution is 2.20. The molecule has 0 aliphatic carbocycles. The molecule has 0 aliphatic rings. The lowest BCUT2D eigenvalue weighted by molar-refractivity contribution is 0.417. The molecular formula is C14H24N2O2S. The molecule has 1 aromatic carbocycles. The first kappa shape index (κ1) is 16.1. The first-order valence-electron chi connectivity index (χ1n) is 6.55. The molecule has 0 saturated carbocycles. The van der Waals surface area contributed by atoms with Gasteiger partial charge in [-0.2, -0.15) is 0 Å². The number of nitrogens with two attached hydrogens (primary N) is 1. The Labute approximate surface area is 116 Å². The van der Waals surface area contributed by atoms with Gasteiger partial charge < -0.3 is 5.73 Å². The minimum Gasteiger partial charge on any atom is -0.326 e. The van der Waals surface area contributed by atoms with Crippen molar-refractivity contribution < 1.29 is 8.42 Å². The summed E-state index contributed by atoms with van der Waals surface area (Å²) >= 11 is 0. The Morgan fingerprint density at radius 1 is 1.32 bits per heavy atom. The Kier molecular flexibility index (Phi) is 5.12. The van der Waals surface area contributed by atoms with Crippen LogP contribution in [-0.2, 0) is 16.6 Å². The minimum absolute atomic E-state index is 0.328. The van der Waals surface area contributed by atoms with E-state index in [4.69, 9.17) is 5.73 Å². The van der Waals surface area contributed by atoms with Gasteiger partial charge in [0.1, 0.15) is 0 Å². The van der Waals surface area contributed by atoms with Gasteiger partial charge in [0.15, 0.2) is 0 Å². The van der Waals surface area contributed by atoms with Crippen LogP contribution in [0.1, 0.15) is 44.7 Å². The summed E-state index contributed by atoms with van der Waals surface area (Å²) in [7, 11) is -3.49. The molecule has 0 unspecified atom stereocenters. The van der Waals surface area contributed by atoms with Crippen LogP contribution in [-0.4, -0.2) is 14.0 Å². The quantitative estimate of drug-likeness (QED) is 0.842. The van der Waals surface area contributed by atoms with Gasteiger partial charge in [-0.05, 0) is 44.4 Å². The van der Waals surface area contributed by atoms with Crippen LogP contribution in [0.3, 0.4) is 0 Å². The number of benzene rings is 1. The second kappa shape index (κ2) is 6.03. The van der Waals surface area contributed by atoms with Crippen LogP contribution in [0.5, 0.6) is 0 Å². The van der Waals surface area contributed by atoms with Gasteiger partial charge in [0, 0.05) is 12.1 Å². The maximum Gasteiger partial charge on any atom is 0.241 e. The SMILES string of the molecule is CCCC(C)(C)NS(=O)(=O)c1ccc(CN)cc1C. The van der Waals surface area contributed by atoms with Crippen molar-refractivity contribution >= 4 is 10.0 Å². The molecule has 0 bridgehead atoms. The number of hydrogen-bond donors (Lipinski definition) is 2. The second-order valence-corrected chi connectivity index (χ2v) is 7.19. The van der Waals surface area contributed by atoms with Crippen molar-refractivity contribution in [2.24, 2.45) is 5.73 Å². The predicted octanol–water partition coefficient (Wildman–Crippen LogP) is 2.31. The molecule has 108 valence electrons. The maximum absolute atomic E-state index is 12.4. The summed E-state index contributed by atoms with van der Waals surface area (Å²) in [6, 6.07) is 5.21. The Balaban J connectivity index is 3.07. The third kappa shape index (κ3) is 4.30. The fraction of sp³-hybridized carbons (Fsp3) is 0.571. The van der Waals surface area contributed by atoms with Gasteiger partial charge in [0.05, 0.1) is 4.90 Å². The molecule has 0 spiro atoms. The molecule has 5 heteroatoms. The summed E-state index contributed by atoms with van der Waals surface area (Å²) in [5, 5.41) is 0. The van der Waals surface area contributed by atoms with E-state index in [1.54, 1.807) is 19.1 Å². The lowest BCUT2D eigenvalue weighted by Gasteiger charge is -2.26. The lowest BCUT2D eigenvalue weighted by atomic mass is 10.0. The zero-order valence-electron chi connectivity index (χ0n) is 12.2. The van der Waals surface area contributed by atoms with Crippen LogP contribution < -0.4 is 10.5 Å². The van der Waals surface area contributed by atoms with Gasteiger partial charge >= 0.3 is 0 Å². The first-order valence-corrected chi connectivity index (χ1v) is 8.04. The smallest absolute Gasteiger partial charge is 0.241 e. The van der Waals surface area contributed by atoms with Crippen molar-refractivity contribution in [2.45, 2.75) is 57.5 Å². The Hall–Kier alpha value is -0.910. The molecule has 0 atom stereocenters. The molecule has 0 aromatic heterocycles. The van der Waals surface area contributed by atoms with Crippen molar-refractivity contribution in [3.63, 3.8) is 0 Å².